The van der Waals surface area contributed by atoms with Crippen LogP contribution in [0.4, 0.5) is 5.69 Å². The molecule has 18 heavy (non-hydrogen) atoms. The van der Waals surface area contributed by atoms with E-state index < -0.39 is 0 Å². The number of nitrogens with one attached hydrogen (secondary N) is 1. The number of para-hydroxylation sites is 1. The van der Waals surface area contributed by atoms with E-state index in [2.05, 4.69) is 24.1 Å². The predicted octanol–water partition coefficient (Wildman–Crippen LogP) is 2.86. The van der Waals surface area contributed by atoms with E-state index in [9.17, 15) is 0 Å². The minimum Gasteiger partial charge on any atom is -0.383 e. The average Bonchev–Trinajstić information content (AvgIpc) is 2.33. The predicted molar refractivity (Wildman–Crippen MR) is 76.4 cm³/mol. The summed E-state index contributed by atoms with van der Waals surface area (Å²) in [5.74, 6) is 0. The average molecular weight is 269 g/mol. The number of halogens is 1. The fourth-order valence-corrected chi connectivity index (χ4v) is 2.44. The molecule has 1 N–H and O–H groups in total. The van der Waals surface area contributed by atoms with Crippen LogP contribution in [0.1, 0.15) is 13.8 Å². The van der Waals surface area contributed by atoms with Gasteiger partial charge in [0.2, 0.25) is 0 Å². The smallest absolute Gasteiger partial charge is 0.0645 e. The molecular formula is C14H21ClN2O. The second kappa shape index (κ2) is 5.91. The number of nitrogens with zero attached hydrogens (tertiary/aromatic N) is 1. The van der Waals surface area contributed by atoms with Crippen molar-refractivity contribution in [3.8, 4) is 0 Å². The monoisotopic (exact) mass is 268 g/mol. The summed E-state index contributed by atoms with van der Waals surface area (Å²) in [6.07, 6.45) is 0. The number of benzene rings is 1. The van der Waals surface area contributed by atoms with E-state index in [0.717, 1.165) is 43.6 Å². The molecule has 0 aliphatic carbocycles. The number of morpholine rings is 1. The van der Waals surface area contributed by atoms with Crippen molar-refractivity contribution in [2.24, 2.45) is 0 Å². The molecule has 1 aromatic carbocycles. The van der Waals surface area contributed by atoms with Crippen LogP contribution < -0.4 is 5.32 Å². The summed E-state index contributed by atoms with van der Waals surface area (Å²) in [5, 5.41) is 4.16. The highest BCUT2D eigenvalue weighted by atomic mass is 35.5. The second-order valence-electron chi connectivity index (χ2n) is 5.26. The molecule has 100 valence electrons. The fraction of sp³-hybridized carbons (Fsp3) is 0.571. The van der Waals surface area contributed by atoms with Gasteiger partial charge in [-0.1, -0.05) is 23.7 Å². The molecule has 1 heterocycles. The van der Waals surface area contributed by atoms with E-state index >= 15 is 0 Å². The summed E-state index contributed by atoms with van der Waals surface area (Å²) in [4.78, 5) is 2.46. The third-order valence-electron chi connectivity index (χ3n) is 3.39. The molecule has 1 fully saturated rings. The van der Waals surface area contributed by atoms with Crippen LogP contribution >= 0.6 is 11.6 Å². The molecule has 0 saturated carbocycles. The van der Waals surface area contributed by atoms with Crippen LogP contribution in [0.15, 0.2) is 24.3 Å². The number of rotatable bonds is 4. The lowest BCUT2D eigenvalue weighted by Gasteiger charge is -2.42. The first-order valence-electron chi connectivity index (χ1n) is 6.41. The van der Waals surface area contributed by atoms with Crippen LogP contribution in [0.5, 0.6) is 0 Å². The normalized spacial score (nSPS) is 19.7. The van der Waals surface area contributed by atoms with E-state index in [0.29, 0.717) is 0 Å². The van der Waals surface area contributed by atoms with Gasteiger partial charge in [0.05, 0.1) is 23.9 Å². The maximum Gasteiger partial charge on any atom is 0.0645 e. The molecule has 0 spiro atoms. The first kappa shape index (κ1) is 13.7. The Kier molecular flexibility index (Phi) is 4.49. The van der Waals surface area contributed by atoms with Crippen LogP contribution in [0.2, 0.25) is 5.02 Å². The molecule has 1 aliphatic heterocycles. The van der Waals surface area contributed by atoms with Crippen molar-refractivity contribution in [2.75, 3.05) is 38.2 Å². The molecule has 0 aromatic heterocycles. The van der Waals surface area contributed by atoms with Gasteiger partial charge in [-0.2, -0.15) is 0 Å². The van der Waals surface area contributed by atoms with Crippen LogP contribution in [0.25, 0.3) is 0 Å². The van der Waals surface area contributed by atoms with Gasteiger partial charge in [-0.05, 0) is 26.0 Å². The van der Waals surface area contributed by atoms with Crippen molar-refractivity contribution in [3.63, 3.8) is 0 Å². The topological polar surface area (TPSA) is 24.5 Å². The molecule has 0 bridgehead atoms. The van der Waals surface area contributed by atoms with Gasteiger partial charge in [0.25, 0.3) is 0 Å². The van der Waals surface area contributed by atoms with Crippen molar-refractivity contribution in [3.05, 3.63) is 29.3 Å². The van der Waals surface area contributed by atoms with Gasteiger partial charge in [0.15, 0.2) is 0 Å². The van der Waals surface area contributed by atoms with Crippen LogP contribution in [-0.2, 0) is 4.74 Å². The van der Waals surface area contributed by atoms with Crippen LogP contribution in [0, 0.1) is 0 Å². The zero-order valence-electron chi connectivity index (χ0n) is 11.1. The lowest BCUT2D eigenvalue weighted by Crippen LogP contribution is -2.54. The van der Waals surface area contributed by atoms with Crippen LogP contribution in [-0.4, -0.2) is 43.3 Å². The molecule has 4 heteroatoms. The van der Waals surface area contributed by atoms with E-state index in [1.807, 2.05) is 24.3 Å². The molecule has 1 aliphatic rings. The number of ether oxygens (including phenoxy) is 1. The molecule has 0 amide bonds. The highest BCUT2D eigenvalue weighted by molar-refractivity contribution is 6.33. The summed E-state index contributed by atoms with van der Waals surface area (Å²) >= 11 is 6.11. The Morgan fingerprint density at radius 3 is 2.89 bits per heavy atom. The summed E-state index contributed by atoms with van der Waals surface area (Å²) in [5.41, 5.74) is 1.13. The summed E-state index contributed by atoms with van der Waals surface area (Å²) in [7, 11) is 0. The molecule has 1 aromatic rings. The lowest BCUT2D eigenvalue weighted by molar-refractivity contribution is -0.0487. The first-order chi connectivity index (χ1) is 8.59. The molecule has 3 nitrogen and oxygen atoms in total. The van der Waals surface area contributed by atoms with Gasteiger partial charge < -0.3 is 10.1 Å². The van der Waals surface area contributed by atoms with Gasteiger partial charge in [-0.15, -0.1) is 0 Å². The van der Waals surface area contributed by atoms with Crippen molar-refractivity contribution < 1.29 is 4.74 Å². The Bertz CT molecular complexity index is 395. The molecule has 0 unspecified atom stereocenters. The standard InChI is InChI=1S/C14H21ClN2O/c1-14(2)11-18-10-9-17(14)8-7-16-13-6-4-3-5-12(13)15/h3-6,16H,7-11H2,1-2H3. The third kappa shape index (κ3) is 3.37. The minimum atomic E-state index is 0.125. The van der Waals surface area contributed by atoms with Gasteiger partial charge in [0, 0.05) is 25.2 Å². The zero-order chi connectivity index (χ0) is 13.0. The summed E-state index contributed by atoms with van der Waals surface area (Å²) < 4.78 is 5.52. The van der Waals surface area contributed by atoms with Crippen molar-refractivity contribution in [2.45, 2.75) is 19.4 Å². The van der Waals surface area contributed by atoms with Crippen molar-refractivity contribution >= 4 is 17.3 Å². The van der Waals surface area contributed by atoms with Crippen molar-refractivity contribution in [1.29, 1.82) is 0 Å². The maximum atomic E-state index is 6.11. The Hall–Kier alpha value is -0.770. The molecule has 2 rings (SSSR count). The Balaban J connectivity index is 1.83. The van der Waals surface area contributed by atoms with Gasteiger partial charge in [-0.25, -0.2) is 0 Å². The number of hydrogen-bond acceptors (Lipinski definition) is 3. The van der Waals surface area contributed by atoms with Crippen molar-refractivity contribution in [1.82, 2.24) is 4.90 Å². The SMILES string of the molecule is CC1(C)COCCN1CCNc1ccccc1Cl. The zero-order valence-corrected chi connectivity index (χ0v) is 11.8. The highest BCUT2D eigenvalue weighted by Gasteiger charge is 2.29. The molecule has 0 radical (unpaired) electrons. The van der Waals surface area contributed by atoms with E-state index in [1.165, 1.54) is 0 Å². The van der Waals surface area contributed by atoms with Crippen LogP contribution in [0.3, 0.4) is 0 Å². The quantitative estimate of drug-likeness (QED) is 0.909. The molecule has 0 atom stereocenters. The number of hydrogen-bond donors (Lipinski definition) is 1. The largest absolute Gasteiger partial charge is 0.383 e. The second-order valence-corrected chi connectivity index (χ2v) is 5.67. The Labute approximate surface area is 114 Å². The summed E-state index contributed by atoms with van der Waals surface area (Å²) in [6, 6.07) is 7.85. The third-order valence-corrected chi connectivity index (χ3v) is 3.72. The van der Waals surface area contributed by atoms with E-state index in [4.69, 9.17) is 16.3 Å². The number of anilines is 1. The Morgan fingerprint density at radius 1 is 1.39 bits per heavy atom. The van der Waals surface area contributed by atoms with Gasteiger partial charge >= 0.3 is 0 Å². The minimum absolute atomic E-state index is 0.125. The van der Waals surface area contributed by atoms with E-state index in [1.54, 1.807) is 0 Å². The maximum absolute atomic E-state index is 6.11. The Morgan fingerprint density at radius 2 is 2.17 bits per heavy atom. The van der Waals surface area contributed by atoms with Gasteiger partial charge in [0.1, 0.15) is 0 Å². The molecule has 1 saturated heterocycles. The first-order valence-corrected chi connectivity index (χ1v) is 6.78. The highest BCUT2D eigenvalue weighted by Crippen LogP contribution is 2.21. The van der Waals surface area contributed by atoms with Gasteiger partial charge in [-0.3, -0.25) is 4.90 Å². The van der Waals surface area contributed by atoms with E-state index in [-0.39, 0.29) is 5.54 Å². The summed E-state index contributed by atoms with van der Waals surface area (Å²) in [6.45, 7) is 8.98. The fourth-order valence-electron chi connectivity index (χ4n) is 2.24. The lowest BCUT2D eigenvalue weighted by atomic mass is 10.0. The molecular weight excluding hydrogens is 248 g/mol.